The van der Waals surface area contributed by atoms with E-state index >= 15 is 0 Å². The number of hydrogen-bond acceptors (Lipinski definition) is 5. The molecular weight excluding hydrogens is 382 g/mol. The van der Waals surface area contributed by atoms with Crippen LogP contribution in [-0.2, 0) is 11.3 Å². The van der Waals surface area contributed by atoms with Gasteiger partial charge in [0.25, 0.3) is 5.91 Å². The van der Waals surface area contributed by atoms with Crippen LogP contribution in [0, 0.1) is 13.8 Å². The van der Waals surface area contributed by atoms with Gasteiger partial charge in [-0.15, -0.1) is 0 Å². The van der Waals surface area contributed by atoms with Gasteiger partial charge in [0.2, 0.25) is 0 Å². The third-order valence-corrected chi connectivity index (χ3v) is 6.54. The number of benzene rings is 1. The third kappa shape index (κ3) is 4.15. The predicted molar refractivity (Wildman–Crippen MR) is 112 cm³/mol. The van der Waals surface area contributed by atoms with Gasteiger partial charge in [0.05, 0.1) is 30.0 Å². The summed E-state index contributed by atoms with van der Waals surface area (Å²) in [7, 11) is 0. The van der Waals surface area contributed by atoms with Gasteiger partial charge in [-0.05, 0) is 57.4 Å². The molecule has 1 aromatic carbocycles. The standard InChI is InChI=1S/C23H31N3O4/c1-16-12-17(2)26(24-16)13-18-4-6-19(7-5-18)21(28)25-10-8-23(9-11-25)15-22(3,29)20(27)14-30-23/h4-7,12,20,27,29H,8-11,13-15H2,1-3H3/t20-,22-/m0/s1. The molecule has 2 fully saturated rings. The van der Waals surface area contributed by atoms with Crippen molar-refractivity contribution < 1.29 is 19.7 Å². The summed E-state index contributed by atoms with van der Waals surface area (Å²) in [5.41, 5.74) is 2.29. The molecule has 2 aliphatic rings. The number of aryl methyl sites for hydroxylation is 2. The maximum atomic E-state index is 13.0. The molecule has 0 radical (unpaired) electrons. The Morgan fingerprint density at radius 2 is 1.90 bits per heavy atom. The van der Waals surface area contributed by atoms with Crippen molar-refractivity contribution in [3.8, 4) is 0 Å². The molecule has 7 heteroatoms. The maximum absolute atomic E-state index is 13.0. The lowest BCUT2D eigenvalue weighted by atomic mass is 9.76. The van der Waals surface area contributed by atoms with Crippen LogP contribution in [-0.4, -0.2) is 67.8 Å². The lowest BCUT2D eigenvalue weighted by Crippen LogP contribution is -2.59. The quantitative estimate of drug-likeness (QED) is 0.804. The number of carbonyl (C=O) groups excluding carboxylic acids is 1. The number of piperidine rings is 1. The Bertz CT molecular complexity index is 911. The highest BCUT2D eigenvalue weighted by molar-refractivity contribution is 5.94. The molecule has 0 saturated carbocycles. The second-order valence-corrected chi connectivity index (χ2v) is 9.12. The fourth-order valence-corrected chi connectivity index (χ4v) is 4.64. The van der Waals surface area contributed by atoms with Crippen molar-refractivity contribution in [3.05, 3.63) is 52.8 Å². The summed E-state index contributed by atoms with van der Waals surface area (Å²) in [6.07, 6.45) is 0.857. The van der Waals surface area contributed by atoms with Crippen LogP contribution >= 0.6 is 0 Å². The average Bonchev–Trinajstić information content (AvgIpc) is 3.02. The Morgan fingerprint density at radius 3 is 2.47 bits per heavy atom. The van der Waals surface area contributed by atoms with Crippen LogP contribution in [0.3, 0.4) is 0 Å². The van der Waals surface area contributed by atoms with E-state index in [1.54, 1.807) is 6.92 Å². The third-order valence-electron chi connectivity index (χ3n) is 6.54. The molecule has 0 aliphatic carbocycles. The molecule has 3 heterocycles. The first-order valence-electron chi connectivity index (χ1n) is 10.6. The molecule has 7 nitrogen and oxygen atoms in total. The number of ether oxygens (including phenoxy) is 1. The number of aromatic nitrogens is 2. The summed E-state index contributed by atoms with van der Waals surface area (Å²) < 4.78 is 7.88. The van der Waals surface area contributed by atoms with Crippen molar-refractivity contribution in [1.29, 1.82) is 0 Å². The Kier molecular flexibility index (Phi) is 5.46. The van der Waals surface area contributed by atoms with Crippen molar-refractivity contribution in [2.45, 2.75) is 63.9 Å². The molecule has 30 heavy (non-hydrogen) atoms. The number of nitrogens with zero attached hydrogens (tertiary/aromatic N) is 3. The van der Waals surface area contributed by atoms with E-state index in [1.165, 1.54) is 0 Å². The molecule has 1 aromatic heterocycles. The highest BCUT2D eigenvalue weighted by Gasteiger charge is 2.49. The summed E-state index contributed by atoms with van der Waals surface area (Å²) in [6.45, 7) is 7.66. The van der Waals surface area contributed by atoms with E-state index in [9.17, 15) is 15.0 Å². The second-order valence-electron chi connectivity index (χ2n) is 9.12. The monoisotopic (exact) mass is 413 g/mol. The smallest absolute Gasteiger partial charge is 0.253 e. The van der Waals surface area contributed by atoms with E-state index in [0.29, 0.717) is 44.5 Å². The fraction of sp³-hybridized carbons (Fsp3) is 0.565. The molecule has 0 unspecified atom stereocenters. The molecule has 2 atom stereocenters. The van der Waals surface area contributed by atoms with Gasteiger partial charge in [-0.2, -0.15) is 5.10 Å². The van der Waals surface area contributed by atoms with Gasteiger partial charge in [0, 0.05) is 30.8 Å². The minimum Gasteiger partial charge on any atom is -0.388 e. The predicted octanol–water partition coefficient (Wildman–Crippen LogP) is 2.06. The Morgan fingerprint density at radius 1 is 1.23 bits per heavy atom. The zero-order chi connectivity index (χ0) is 21.5. The summed E-state index contributed by atoms with van der Waals surface area (Å²) in [5, 5.41) is 24.9. The number of amides is 1. The largest absolute Gasteiger partial charge is 0.388 e. The van der Waals surface area contributed by atoms with E-state index in [0.717, 1.165) is 17.0 Å². The van der Waals surface area contributed by atoms with Crippen LogP contribution < -0.4 is 0 Å². The van der Waals surface area contributed by atoms with E-state index in [2.05, 4.69) is 11.2 Å². The Labute approximate surface area is 177 Å². The molecule has 0 bridgehead atoms. The first-order valence-corrected chi connectivity index (χ1v) is 10.6. The molecule has 2 N–H and O–H groups in total. The minimum atomic E-state index is -1.15. The topological polar surface area (TPSA) is 87.8 Å². The normalized spacial score (nSPS) is 26.2. The number of aliphatic hydroxyl groups is 2. The van der Waals surface area contributed by atoms with Crippen molar-refractivity contribution >= 4 is 5.91 Å². The first-order chi connectivity index (χ1) is 14.2. The van der Waals surface area contributed by atoms with Gasteiger partial charge in [-0.1, -0.05) is 12.1 Å². The molecule has 1 spiro atoms. The summed E-state index contributed by atoms with van der Waals surface area (Å²) in [4.78, 5) is 14.8. The molecule has 1 amide bonds. The van der Waals surface area contributed by atoms with Crippen molar-refractivity contribution in [3.63, 3.8) is 0 Å². The SMILES string of the molecule is Cc1cc(C)n(Cc2ccc(C(=O)N3CCC4(CC3)C[C@](C)(O)[C@@H](O)CO4)cc2)n1. The van der Waals surface area contributed by atoms with Crippen molar-refractivity contribution in [2.24, 2.45) is 0 Å². The fourth-order valence-electron chi connectivity index (χ4n) is 4.64. The van der Waals surface area contributed by atoms with Gasteiger partial charge in [0.1, 0.15) is 6.10 Å². The zero-order valence-corrected chi connectivity index (χ0v) is 18.0. The molecule has 2 aliphatic heterocycles. The Balaban J connectivity index is 1.37. The van der Waals surface area contributed by atoms with E-state index < -0.39 is 17.3 Å². The summed E-state index contributed by atoms with van der Waals surface area (Å²) in [5.74, 6) is 0.0186. The zero-order valence-electron chi connectivity index (χ0n) is 18.0. The highest BCUT2D eigenvalue weighted by atomic mass is 16.5. The van der Waals surface area contributed by atoms with Gasteiger partial charge in [-0.3, -0.25) is 9.48 Å². The summed E-state index contributed by atoms with van der Waals surface area (Å²) >= 11 is 0. The molecule has 162 valence electrons. The molecule has 2 aromatic rings. The van der Waals surface area contributed by atoms with E-state index in [1.807, 2.05) is 47.7 Å². The van der Waals surface area contributed by atoms with Gasteiger partial charge in [-0.25, -0.2) is 0 Å². The van der Waals surface area contributed by atoms with Crippen LogP contribution in [0.2, 0.25) is 0 Å². The molecule has 2 saturated heterocycles. The number of aliphatic hydroxyl groups excluding tert-OH is 1. The van der Waals surface area contributed by atoms with Crippen LogP contribution in [0.25, 0.3) is 0 Å². The second kappa shape index (κ2) is 7.80. The van der Waals surface area contributed by atoms with E-state index in [4.69, 9.17) is 4.74 Å². The minimum absolute atomic E-state index is 0.0186. The number of rotatable bonds is 3. The lowest BCUT2D eigenvalue weighted by molar-refractivity contribution is -0.221. The number of likely N-dealkylation sites (tertiary alicyclic amines) is 1. The van der Waals surface area contributed by atoms with Crippen LogP contribution in [0.15, 0.2) is 30.3 Å². The molecular formula is C23H31N3O4. The van der Waals surface area contributed by atoms with Crippen molar-refractivity contribution in [2.75, 3.05) is 19.7 Å². The average molecular weight is 414 g/mol. The molecule has 4 rings (SSSR count). The van der Waals surface area contributed by atoms with Crippen LogP contribution in [0.4, 0.5) is 0 Å². The number of hydrogen-bond donors (Lipinski definition) is 2. The van der Waals surface area contributed by atoms with Crippen molar-refractivity contribution in [1.82, 2.24) is 14.7 Å². The van der Waals surface area contributed by atoms with E-state index in [-0.39, 0.29) is 12.5 Å². The van der Waals surface area contributed by atoms with Gasteiger partial charge >= 0.3 is 0 Å². The number of carbonyl (C=O) groups is 1. The highest BCUT2D eigenvalue weighted by Crippen LogP contribution is 2.39. The van der Waals surface area contributed by atoms with Gasteiger partial charge < -0.3 is 19.8 Å². The first kappa shape index (κ1) is 21.0. The van der Waals surface area contributed by atoms with Gasteiger partial charge in [0.15, 0.2) is 0 Å². The lowest BCUT2D eigenvalue weighted by Gasteiger charge is -2.49. The maximum Gasteiger partial charge on any atom is 0.253 e. The summed E-state index contributed by atoms with van der Waals surface area (Å²) in [6, 6.07) is 9.78. The van der Waals surface area contributed by atoms with Crippen LogP contribution in [0.1, 0.15) is 53.5 Å². The Hall–Kier alpha value is -2.22. The van der Waals surface area contributed by atoms with Crippen LogP contribution in [0.5, 0.6) is 0 Å².